The van der Waals surface area contributed by atoms with E-state index in [-0.39, 0.29) is 17.6 Å². The Morgan fingerprint density at radius 2 is 2.24 bits per heavy atom. The number of aromatic amines is 1. The third kappa shape index (κ3) is 3.31. The highest BCUT2D eigenvalue weighted by molar-refractivity contribution is 5.99. The molecule has 0 bridgehead atoms. The standard InChI is InChI=1S/C20H27N3O2/c1-20(2)11-14(7-9-25-20)21-19(24)13-4-5-17-15(10-13)16-12-23(3)8-6-18(16)22-17/h4-5,10,14,22H,6-9,11-12H2,1-3H3,(H,21,24)/t14-/m1/s1. The van der Waals surface area contributed by atoms with Crippen LogP contribution >= 0.6 is 0 Å². The number of nitrogens with zero attached hydrogens (tertiary/aromatic N) is 1. The molecule has 25 heavy (non-hydrogen) atoms. The predicted molar refractivity (Wildman–Crippen MR) is 98.9 cm³/mol. The van der Waals surface area contributed by atoms with Crippen molar-refractivity contribution in [3.63, 3.8) is 0 Å². The smallest absolute Gasteiger partial charge is 0.251 e. The number of likely N-dealkylation sites (N-methyl/N-ethyl adjacent to an activating group) is 1. The first-order valence-corrected chi connectivity index (χ1v) is 9.18. The molecule has 1 amide bonds. The van der Waals surface area contributed by atoms with Gasteiger partial charge in [-0.3, -0.25) is 4.79 Å². The van der Waals surface area contributed by atoms with Gasteiger partial charge in [-0.15, -0.1) is 0 Å². The molecule has 5 heteroatoms. The number of amides is 1. The van der Waals surface area contributed by atoms with E-state index in [2.05, 4.69) is 36.1 Å². The van der Waals surface area contributed by atoms with E-state index in [1.807, 2.05) is 18.2 Å². The summed E-state index contributed by atoms with van der Waals surface area (Å²) in [5.41, 5.74) is 4.36. The van der Waals surface area contributed by atoms with Crippen molar-refractivity contribution in [2.24, 2.45) is 0 Å². The number of ether oxygens (including phenoxy) is 1. The largest absolute Gasteiger partial charge is 0.375 e. The molecular formula is C20H27N3O2. The molecule has 2 aliphatic heterocycles. The molecule has 134 valence electrons. The average molecular weight is 341 g/mol. The van der Waals surface area contributed by atoms with Gasteiger partial charge in [-0.2, -0.15) is 0 Å². The Bertz CT molecular complexity index is 809. The first-order valence-electron chi connectivity index (χ1n) is 9.18. The second-order valence-corrected chi connectivity index (χ2v) is 8.10. The van der Waals surface area contributed by atoms with Crippen molar-refractivity contribution in [1.82, 2.24) is 15.2 Å². The van der Waals surface area contributed by atoms with Crippen LogP contribution in [0.3, 0.4) is 0 Å². The van der Waals surface area contributed by atoms with Crippen molar-refractivity contribution in [2.45, 2.75) is 51.3 Å². The SMILES string of the molecule is CN1CCc2[nH]c3ccc(C(=O)N[C@@H]4CCOC(C)(C)C4)cc3c2C1. The quantitative estimate of drug-likeness (QED) is 0.883. The van der Waals surface area contributed by atoms with E-state index in [9.17, 15) is 4.79 Å². The number of aromatic nitrogens is 1. The van der Waals surface area contributed by atoms with Gasteiger partial charge in [-0.05, 0) is 57.5 Å². The van der Waals surface area contributed by atoms with E-state index >= 15 is 0 Å². The lowest BCUT2D eigenvalue weighted by Crippen LogP contribution is -2.45. The predicted octanol–water partition coefficient (Wildman–Crippen LogP) is 2.84. The Hall–Kier alpha value is -1.85. The highest BCUT2D eigenvalue weighted by Crippen LogP contribution is 2.28. The van der Waals surface area contributed by atoms with Crippen LogP contribution in [0.25, 0.3) is 10.9 Å². The van der Waals surface area contributed by atoms with Crippen LogP contribution in [0.4, 0.5) is 0 Å². The van der Waals surface area contributed by atoms with Crippen LogP contribution in [0.2, 0.25) is 0 Å². The highest BCUT2D eigenvalue weighted by atomic mass is 16.5. The summed E-state index contributed by atoms with van der Waals surface area (Å²) in [4.78, 5) is 18.6. The molecule has 0 spiro atoms. The minimum atomic E-state index is -0.162. The molecule has 1 aromatic carbocycles. The van der Waals surface area contributed by atoms with Crippen LogP contribution in [-0.4, -0.2) is 47.6 Å². The Balaban J connectivity index is 1.57. The number of carbonyl (C=O) groups excluding carboxylic acids is 1. The third-order valence-corrected chi connectivity index (χ3v) is 5.46. The second-order valence-electron chi connectivity index (χ2n) is 8.10. The van der Waals surface area contributed by atoms with Gasteiger partial charge in [0, 0.05) is 54.3 Å². The van der Waals surface area contributed by atoms with Crippen molar-refractivity contribution < 1.29 is 9.53 Å². The Kier molecular flexibility index (Phi) is 4.08. The number of rotatable bonds is 2. The summed E-state index contributed by atoms with van der Waals surface area (Å²) >= 11 is 0. The lowest BCUT2D eigenvalue weighted by Gasteiger charge is -2.35. The Labute approximate surface area is 148 Å². The van der Waals surface area contributed by atoms with Crippen LogP contribution < -0.4 is 5.32 Å². The first kappa shape index (κ1) is 16.6. The zero-order chi connectivity index (χ0) is 17.6. The van der Waals surface area contributed by atoms with Gasteiger partial charge in [0.25, 0.3) is 5.91 Å². The molecule has 1 atom stereocenters. The van der Waals surface area contributed by atoms with E-state index in [4.69, 9.17) is 4.74 Å². The molecule has 1 saturated heterocycles. The van der Waals surface area contributed by atoms with Crippen molar-refractivity contribution in [3.8, 4) is 0 Å². The van der Waals surface area contributed by atoms with Gasteiger partial charge < -0.3 is 19.9 Å². The van der Waals surface area contributed by atoms with E-state index in [1.54, 1.807) is 0 Å². The maximum absolute atomic E-state index is 12.7. The third-order valence-electron chi connectivity index (χ3n) is 5.46. The molecule has 2 aromatic rings. The number of carbonyl (C=O) groups is 1. The average Bonchev–Trinajstić information content (AvgIpc) is 2.91. The summed E-state index contributed by atoms with van der Waals surface area (Å²) in [6.45, 7) is 6.88. The van der Waals surface area contributed by atoms with E-state index in [0.717, 1.165) is 43.4 Å². The fraction of sp³-hybridized carbons (Fsp3) is 0.550. The topological polar surface area (TPSA) is 57.4 Å². The van der Waals surface area contributed by atoms with Gasteiger partial charge in [-0.1, -0.05) is 0 Å². The second kappa shape index (κ2) is 6.15. The highest BCUT2D eigenvalue weighted by Gasteiger charge is 2.30. The fourth-order valence-corrected chi connectivity index (χ4v) is 4.11. The summed E-state index contributed by atoms with van der Waals surface area (Å²) in [5, 5.41) is 4.38. The molecule has 2 aliphatic rings. The van der Waals surface area contributed by atoms with Crippen LogP contribution in [0.5, 0.6) is 0 Å². The number of H-pyrrole nitrogens is 1. The number of hydrogen-bond acceptors (Lipinski definition) is 3. The zero-order valence-corrected chi connectivity index (χ0v) is 15.3. The number of hydrogen-bond donors (Lipinski definition) is 2. The molecule has 1 fully saturated rings. The summed E-state index contributed by atoms with van der Waals surface area (Å²) in [7, 11) is 2.14. The molecule has 1 aromatic heterocycles. The summed E-state index contributed by atoms with van der Waals surface area (Å²) in [5.74, 6) is 0.0173. The minimum Gasteiger partial charge on any atom is -0.375 e. The fourth-order valence-electron chi connectivity index (χ4n) is 4.11. The summed E-state index contributed by atoms with van der Waals surface area (Å²) in [6.07, 6.45) is 2.77. The van der Waals surface area contributed by atoms with Crippen LogP contribution in [0, 0.1) is 0 Å². The lowest BCUT2D eigenvalue weighted by molar-refractivity contribution is -0.0615. The molecule has 4 rings (SSSR count). The van der Waals surface area contributed by atoms with E-state index in [0.29, 0.717) is 6.61 Å². The van der Waals surface area contributed by atoms with Gasteiger partial charge in [0.2, 0.25) is 0 Å². The summed E-state index contributed by atoms with van der Waals surface area (Å²) < 4.78 is 5.74. The van der Waals surface area contributed by atoms with Gasteiger partial charge in [0.15, 0.2) is 0 Å². The van der Waals surface area contributed by atoms with Crippen molar-refractivity contribution in [3.05, 3.63) is 35.0 Å². The molecule has 0 radical (unpaired) electrons. The van der Waals surface area contributed by atoms with E-state index in [1.165, 1.54) is 16.6 Å². The molecular weight excluding hydrogens is 314 g/mol. The number of benzene rings is 1. The van der Waals surface area contributed by atoms with Crippen LogP contribution in [0.15, 0.2) is 18.2 Å². The minimum absolute atomic E-state index is 0.0173. The normalized spacial score (nSPS) is 23.4. The van der Waals surface area contributed by atoms with Crippen LogP contribution in [-0.2, 0) is 17.7 Å². The zero-order valence-electron chi connectivity index (χ0n) is 15.3. The van der Waals surface area contributed by atoms with Gasteiger partial charge >= 0.3 is 0 Å². The molecule has 3 heterocycles. The number of nitrogens with one attached hydrogen (secondary N) is 2. The Morgan fingerprint density at radius 3 is 3.04 bits per heavy atom. The Morgan fingerprint density at radius 1 is 1.40 bits per heavy atom. The van der Waals surface area contributed by atoms with Crippen molar-refractivity contribution in [1.29, 1.82) is 0 Å². The maximum atomic E-state index is 12.7. The molecule has 2 N–H and O–H groups in total. The molecule has 5 nitrogen and oxygen atoms in total. The van der Waals surface area contributed by atoms with E-state index < -0.39 is 0 Å². The molecule has 0 unspecified atom stereocenters. The van der Waals surface area contributed by atoms with Crippen molar-refractivity contribution >= 4 is 16.8 Å². The maximum Gasteiger partial charge on any atom is 0.251 e. The summed E-state index contributed by atoms with van der Waals surface area (Å²) in [6, 6.07) is 6.19. The number of fused-ring (bicyclic) bond motifs is 3. The van der Waals surface area contributed by atoms with Gasteiger partial charge in [-0.25, -0.2) is 0 Å². The van der Waals surface area contributed by atoms with Crippen LogP contribution in [0.1, 0.15) is 48.3 Å². The van der Waals surface area contributed by atoms with Gasteiger partial charge in [0.05, 0.1) is 5.60 Å². The lowest BCUT2D eigenvalue weighted by atomic mass is 9.93. The van der Waals surface area contributed by atoms with Gasteiger partial charge in [0.1, 0.15) is 0 Å². The molecule has 0 saturated carbocycles. The first-order chi connectivity index (χ1) is 11.9. The van der Waals surface area contributed by atoms with Crippen molar-refractivity contribution in [2.75, 3.05) is 20.2 Å². The monoisotopic (exact) mass is 341 g/mol. The molecule has 0 aliphatic carbocycles.